The van der Waals surface area contributed by atoms with Crippen LogP contribution in [0.25, 0.3) is 0 Å². The van der Waals surface area contributed by atoms with Gasteiger partial charge in [0.05, 0.1) is 0 Å². The minimum Gasteiger partial charge on any atom is -0.379 e. The van der Waals surface area contributed by atoms with E-state index in [2.05, 4.69) is 0 Å². The van der Waals surface area contributed by atoms with Gasteiger partial charge >= 0.3 is 0 Å². The van der Waals surface area contributed by atoms with Gasteiger partial charge in [0.15, 0.2) is 5.60 Å². The van der Waals surface area contributed by atoms with Crippen LogP contribution in [-0.2, 0) is 11.3 Å². The summed E-state index contributed by atoms with van der Waals surface area (Å²) in [6.07, 6.45) is 1.13. The first-order valence-corrected chi connectivity index (χ1v) is 8.90. The first-order chi connectivity index (χ1) is 11.1. The van der Waals surface area contributed by atoms with E-state index in [1.54, 1.807) is 4.90 Å². The molecule has 0 aromatic heterocycles. The first kappa shape index (κ1) is 12.0. The zero-order valence-corrected chi connectivity index (χ0v) is 12.7. The summed E-state index contributed by atoms with van der Waals surface area (Å²) in [7, 11) is 0. The normalized spacial score (nSPS) is 61.8. The lowest BCUT2D eigenvalue weighted by Crippen LogP contribution is -2.80. The Hall–Kier alpha value is -1.39. The number of nitrogens with zero attached hydrogens (tertiary/aromatic N) is 1. The van der Waals surface area contributed by atoms with E-state index >= 15 is 0 Å². The van der Waals surface area contributed by atoms with Gasteiger partial charge in [-0.3, -0.25) is 4.79 Å². The van der Waals surface area contributed by atoms with Gasteiger partial charge in [-0.25, -0.2) is 0 Å². The maximum Gasteiger partial charge on any atom is 0.257 e. The van der Waals surface area contributed by atoms with Gasteiger partial charge in [-0.2, -0.15) is 0 Å². The third-order valence-corrected chi connectivity index (χ3v) is 8.70. The van der Waals surface area contributed by atoms with Crippen molar-refractivity contribution in [2.24, 2.45) is 47.3 Å². The number of carbonyl (C=O) groups is 1. The second-order valence-corrected chi connectivity index (χ2v) is 8.81. The summed E-state index contributed by atoms with van der Waals surface area (Å²) in [6.45, 7) is 0.416. The second-order valence-electron chi connectivity index (χ2n) is 8.81. The number of hydrogen-bond acceptors (Lipinski definition) is 3. The molecule has 0 radical (unpaired) electrons. The Morgan fingerprint density at radius 2 is 1.70 bits per heavy atom. The predicted molar refractivity (Wildman–Crippen MR) is 79.4 cm³/mol. The van der Waals surface area contributed by atoms with Crippen LogP contribution in [0, 0.1) is 47.3 Å². The van der Waals surface area contributed by atoms with Crippen LogP contribution in [0.15, 0.2) is 30.3 Å². The molecule has 4 bridgehead atoms. The zero-order chi connectivity index (χ0) is 15.3. The number of amides is 1. The number of piperidine rings is 2. The molecular formula is C19H19NO3. The molecule has 2 saturated heterocycles. The van der Waals surface area contributed by atoms with Crippen molar-refractivity contribution in [2.45, 2.75) is 24.3 Å². The molecule has 118 valence electrons. The highest BCUT2D eigenvalue weighted by atomic mass is 16.3. The maximum atomic E-state index is 13.2. The molecule has 1 amide bonds. The number of hydrogen-bond donors (Lipinski definition) is 2. The summed E-state index contributed by atoms with van der Waals surface area (Å²) in [6, 6.07) is 9.86. The Labute approximate surface area is 134 Å². The number of benzene rings is 1. The Kier molecular flexibility index (Phi) is 1.62. The number of rotatable bonds is 2. The van der Waals surface area contributed by atoms with Crippen molar-refractivity contribution >= 4 is 5.91 Å². The molecule has 1 aromatic carbocycles. The lowest BCUT2D eigenvalue weighted by atomic mass is 9.50. The Balaban J connectivity index is 1.42. The maximum absolute atomic E-state index is 13.2. The summed E-state index contributed by atoms with van der Waals surface area (Å²) >= 11 is 0. The first-order valence-electron chi connectivity index (χ1n) is 8.90. The van der Waals surface area contributed by atoms with Crippen molar-refractivity contribution in [1.82, 2.24) is 4.90 Å². The number of fused-ring (bicyclic) bond motifs is 1. The fourth-order valence-corrected chi connectivity index (χ4v) is 8.58. The molecule has 7 fully saturated rings. The van der Waals surface area contributed by atoms with Crippen molar-refractivity contribution in [1.29, 1.82) is 0 Å². The van der Waals surface area contributed by atoms with E-state index in [9.17, 15) is 15.0 Å². The van der Waals surface area contributed by atoms with Crippen LogP contribution in [0.4, 0.5) is 0 Å². The minimum atomic E-state index is -1.17. The number of aliphatic hydroxyl groups is 2. The fourth-order valence-electron chi connectivity index (χ4n) is 8.58. The van der Waals surface area contributed by atoms with Crippen LogP contribution in [0.2, 0.25) is 0 Å². The molecule has 23 heavy (non-hydrogen) atoms. The molecule has 8 rings (SSSR count). The molecule has 5 aliphatic carbocycles. The Morgan fingerprint density at radius 3 is 2.48 bits per heavy atom. The van der Waals surface area contributed by atoms with Gasteiger partial charge in [-0.15, -0.1) is 0 Å². The number of carbonyl (C=O) groups excluding carboxylic acids is 1. The third kappa shape index (κ3) is 0.869. The predicted octanol–water partition coefficient (Wildman–Crippen LogP) is 0.836. The molecule has 5 saturated carbocycles. The standard InChI is InChI=1S/C19H19NO3/c21-17-18(22)13-9-6-10-12-11(9)15(18)16(12)19(23,14(10)13)20(17)7-8-4-2-1-3-5-8/h1-5,9-16,22-23H,6-7H2/t9-,10-,11-,12+,13-,14+,15-,16+,18?,19?/m1/s1. The lowest BCUT2D eigenvalue weighted by Gasteiger charge is -2.65. The highest BCUT2D eigenvalue weighted by Gasteiger charge is 2.96. The summed E-state index contributed by atoms with van der Waals surface area (Å²) in [5.41, 5.74) is -1.15. The van der Waals surface area contributed by atoms with Crippen LogP contribution in [0.5, 0.6) is 0 Å². The van der Waals surface area contributed by atoms with E-state index < -0.39 is 11.3 Å². The van der Waals surface area contributed by atoms with E-state index in [1.807, 2.05) is 30.3 Å². The molecule has 2 unspecified atom stereocenters. The second kappa shape index (κ2) is 3.09. The van der Waals surface area contributed by atoms with Gasteiger partial charge in [0.25, 0.3) is 5.91 Å². The van der Waals surface area contributed by atoms with Crippen LogP contribution in [-0.4, -0.2) is 32.3 Å². The minimum absolute atomic E-state index is 0.0297. The third-order valence-electron chi connectivity index (χ3n) is 8.70. The summed E-state index contributed by atoms with van der Waals surface area (Å²) in [5.74, 6) is 2.24. The lowest BCUT2D eigenvalue weighted by molar-refractivity contribution is -0.304. The van der Waals surface area contributed by atoms with E-state index in [0.29, 0.717) is 30.2 Å². The molecule has 4 heteroatoms. The molecule has 10 atom stereocenters. The smallest absolute Gasteiger partial charge is 0.257 e. The molecule has 2 aliphatic heterocycles. The largest absolute Gasteiger partial charge is 0.379 e. The highest BCUT2D eigenvalue weighted by molar-refractivity contribution is 5.91. The zero-order valence-electron chi connectivity index (χ0n) is 12.7. The summed E-state index contributed by atoms with van der Waals surface area (Å²) < 4.78 is 0. The molecule has 2 N–H and O–H groups in total. The van der Waals surface area contributed by atoms with Gasteiger partial charge in [0.2, 0.25) is 0 Å². The summed E-state index contributed by atoms with van der Waals surface area (Å²) in [4.78, 5) is 14.8. The van der Waals surface area contributed by atoms with Crippen LogP contribution in [0.3, 0.4) is 0 Å². The fraction of sp³-hybridized carbons (Fsp3) is 0.632. The van der Waals surface area contributed by atoms with Gasteiger partial charge in [0.1, 0.15) is 5.72 Å². The molecule has 4 nitrogen and oxygen atoms in total. The van der Waals surface area contributed by atoms with Crippen molar-refractivity contribution in [3.05, 3.63) is 35.9 Å². The average molecular weight is 309 g/mol. The van der Waals surface area contributed by atoms with Crippen LogP contribution in [0.1, 0.15) is 12.0 Å². The van der Waals surface area contributed by atoms with Crippen molar-refractivity contribution < 1.29 is 15.0 Å². The summed E-state index contributed by atoms with van der Waals surface area (Å²) in [5, 5.41) is 23.2. The SMILES string of the molecule is O=C1N(Cc2ccccc2)C2(O)[C@H]3[C@@H]4C[C@@H]5[C@@H]6[C@H]4[C@H]2[C@@H]6C1(O)[C@H]53. The Bertz CT molecular complexity index is 780. The van der Waals surface area contributed by atoms with E-state index in [0.717, 1.165) is 12.0 Å². The molecule has 1 aromatic rings. The molecular weight excluding hydrogens is 290 g/mol. The van der Waals surface area contributed by atoms with E-state index in [-0.39, 0.29) is 29.6 Å². The van der Waals surface area contributed by atoms with Crippen molar-refractivity contribution in [3.63, 3.8) is 0 Å². The quantitative estimate of drug-likeness (QED) is 0.851. The van der Waals surface area contributed by atoms with Gasteiger partial charge in [0, 0.05) is 30.2 Å². The monoisotopic (exact) mass is 309 g/mol. The molecule has 7 aliphatic rings. The van der Waals surface area contributed by atoms with E-state index in [4.69, 9.17) is 0 Å². The van der Waals surface area contributed by atoms with Gasteiger partial charge in [-0.1, -0.05) is 30.3 Å². The van der Waals surface area contributed by atoms with Gasteiger partial charge in [-0.05, 0) is 35.7 Å². The molecule has 0 spiro atoms. The van der Waals surface area contributed by atoms with Crippen molar-refractivity contribution in [3.8, 4) is 0 Å². The topological polar surface area (TPSA) is 60.8 Å². The van der Waals surface area contributed by atoms with Crippen LogP contribution >= 0.6 is 0 Å². The van der Waals surface area contributed by atoms with Crippen LogP contribution < -0.4 is 0 Å². The average Bonchev–Trinajstić information content (AvgIpc) is 3.05. The van der Waals surface area contributed by atoms with Crippen molar-refractivity contribution in [2.75, 3.05) is 0 Å². The molecule has 2 heterocycles. The Morgan fingerprint density at radius 1 is 1.00 bits per heavy atom. The highest BCUT2D eigenvalue weighted by Crippen LogP contribution is 2.89. The van der Waals surface area contributed by atoms with E-state index in [1.165, 1.54) is 0 Å². The van der Waals surface area contributed by atoms with Gasteiger partial charge < -0.3 is 15.1 Å².